The summed E-state index contributed by atoms with van der Waals surface area (Å²) in [6.07, 6.45) is 4.90. The average Bonchev–Trinajstić information content (AvgIpc) is 2.48. The number of nitrogens with one attached hydrogen (secondary N) is 1. The highest BCUT2D eigenvalue weighted by Crippen LogP contribution is 2.33. The van der Waals surface area contributed by atoms with Gasteiger partial charge in [0.05, 0.1) is 0 Å². The molecule has 0 bridgehead atoms. The van der Waals surface area contributed by atoms with E-state index in [0.717, 1.165) is 38.2 Å². The number of unbranched alkanes of at least 4 members (excludes halogenated alkanes) is 2. The topological polar surface area (TPSA) is 35.5 Å². The van der Waals surface area contributed by atoms with Crippen LogP contribution in [0.15, 0.2) is 18.2 Å². The van der Waals surface area contributed by atoms with Crippen LogP contribution in [0.3, 0.4) is 0 Å². The number of piperazine rings is 1. The number of nitrogens with zero attached hydrogens (tertiary/aromatic N) is 1. The minimum atomic E-state index is 0. The summed E-state index contributed by atoms with van der Waals surface area (Å²) in [4.78, 5) is 2.53. The van der Waals surface area contributed by atoms with Crippen molar-refractivity contribution in [3.8, 4) is 5.75 Å². The van der Waals surface area contributed by atoms with E-state index in [0.29, 0.717) is 11.8 Å². The van der Waals surface area contributed by atoms with Gasteiger partial charge in [0.15, 0.2) is 0 Å². The van der Waals surface area contributed by atoms with Gasteiger partial charge in [-0.3, -0.25) is 4.90 Å². The van der Waals surface area contributed by atoms with Crippen molar-refractivity contribution >= 4 is 24.8 Å². The fourth-order valence-corrected chi connectivity index (χ4v) is 3.06. The Morgan fingerprint density at radius 3 is 2.50 bits per heavy atom. The zero-order valence-electron chi connectivity index (χ0n) is 13.7. The summed E-state index contributed by atoms with van der Waals surface area (Å²) in [6, 6.07) is 6.36. The monoisotopic (exact) mass is 348 g/mol. The number of phenols is 1. The first-order valence-corrected chi connectivity index (χ1v) is 7.96. The largest absolute Gasteiger partial charge is 0.508 e. The van der Waals surface area contributed by atoms with Crippen LogP contribution in [0, 0.1) is 6.92 Å². The Labute approximate surface area is 147 Å². The van der Waals surface area contributed by atoms with Gasteiger partial charge in [0, 0.05) is 37.8 Å². The molecule has 0 spiro atoms. The molecule has 0 radical (unpaired) electrons. The number of halogens is 2. The van der Waals surface area contributed by atoms with Gasteiger partial charge in [0.25, 0.3) is 0 Å². The summed E-state index contributed by atoms with van der Waals surface area (Å²) >= 11 is 0. The van der Waals surface area contributed by atoms with E-state index in [1.165, 1.54) is 24.8 Å². The number of phenolic OH excluding ortho intramolecular Hbond substituents is 1. The summed E-state index contributed by atoms with van der Waals surface area (Å²) in [6.45, 7) is 8.59. The maximum Gasteiger partial charge on any atom is 0.120 e. The molecule has 1 saturated heterocycles. The Bertz CT molecular complexity index is 423. The molecule has 3 nitrogen and oxygen atoms in total. The Kier molecular flexibility index (Phi) is 10.9. The van der Waals surface area contributed by atoms with E-state index in [1.807, 2.05) is 12.1 Å². The van der Waals surface area contributed by atoms with E-state index < -0.39 is 0 Å². The predicted molar refractivity (Wildman–Crippen MR) is 98.7 cm³/mol. The van der Waals surface area contributed by atoms with Crippen LogP contribution in [0.2, 0.25) is 0 Å². The molecule has 1 aromatic rings. The predicted octanol–water partition coefficient (Wildman–Crippen LogP) is 4.07. The second-order valence-corrected chi connectivity index (χ2v) is 5.86. The van der Waals surface area contributed by atoms with Crippen molar-refractivity contribution in [2.45, 2.75) is 45.6 Å². The summed E-state index contributed by atoms with van der Waals surface area (Å²) < 4.78 is 0. The number of hydrogen-bond acceptors (Lipinski definition) is 3. The fourth-order valence-electron chi connectivity index (χ4n) is 3.06. The van der Waals surface area contributed by atoms with E-state index in [4.69, 9.17) is 0 Å². The molecule has 0 aliphatic carbocycles. The van der Waals surface area contributed by atoms with Crippen LogP contribution in [0.25, 0.3) is 0 Å². The third-order valence-electron chi connectivity index (χ3n) is 4.22. The van der Waals surface area contributed by atoms with Crippen LogP contribution in [0.4, 0.5) is 0 Å². The quantitative estimate of drug-likeness (QED) is 0.760. The van der Waals surface area contributed by atoms with Crippen molar-refractivity contribution in [3.63, 3.8) is 0 Å². The smallest absolute Gasteiger partial charge is 0.120 e. The lowest BCUT2D eigenvalue weighted by Crippen LogP contribution is -2.45. The first-order valence-electron chi connectivity index (χ1n) is 7.96. The molecule has 0 amide bonds. The molecule has 0 saturated carbocycles. The van der Waals surface area contributed by atoms with Crippen LogP contribution < -0.4 is 5.32 Å². The lowest BCUT2D eigenvalue weighted by Gasteiger charge is -2.35. The molecular formula is C17H30Cl2N2O. The maximum absolute atomic E-state index is 10.3. The third kappa shape index (κ3) is 5.96. The molecule has 1 heterocycles. The number of rotatable bonds is 6. The van der Waals surface area contributed by atoms with Gasteiger partial charge >= 0.3 is 0 Å². The maximum atomic E-state index is 10.3. The standard InChI is InChI=1S/C17H28N2O.2ClH/c1-3-4-5-6-16(19-11-9-18-10-12-19)15-13-14(2)7-8-17(15)20;;/h7-8,13,16,18,20H,3-6,9-12H2,1-2H3;2*1H/t16-;;/m0../s1. The fraction of sp³-hybridized carbons (Fsp3) is 0.647. The summed E-state index contributed by atoms with van der Waals surface area (Å²) in [5.41, 5.74) is 2.34. The van der Waals surface area contributed by atoms with Gasteiger partial charge in [-0.15, -0.1) is 24.8 Å². The van der Waals surface area contributed by atoms with Gasteiger partial charge in [-0.2, -0.15) is 0 Å². The highest BCUT2D eigenvalue weighted by atomic mass is 35.5. The Balaban J connectivity index is 0.00000220. The summed E-state index contributed by atoms with van der Waals surface area (Å²) in [5, 5.41) is 13.7. The van der Waals surface area contributed by atoms with E-state index in [-0.39, 0.29) is 24.8 Å². The normalized spacial score (nSPS) is 16.5. The number of aryl methyl sites for hydroxylation is 1. The van der Waals surface area contributed by atoms with E-state index >= 15 is 0 Å². The van der Waals surface area contributed by atoms with Crippen LogP contribution in [0.5, 0.6) is 5.75 Å². The molecule has 1 aromatic carbocycles. The summed E-state index contributed by atoms with van der Waals surface area (Å²) in [7, 11) is 0. The molecule has 2 rings (SSSR count). The SMILES string of the molecule is CCCCC[C@@H](c1cc(C)ccc1O)N1CCNCC1.Cl.Cl. The molecule has 128 valence electrons. The zero-order valence-corrected chi connectivity index (χ0v) is 15.3. The highest BCUT2D eigenvalue weighted by Gasteiger charge is 2.24. The second kappa shape index (κ2) is 11.1. The Hall–Kier alpha value is -0.480. The molecule has 1 atom stereocenters. The Morgan fingerprint density at radius 2 is 1.86 bits per heavy atom. The lowest BCUT2D eigenvalue weighted by atomic mass is 9.96. The molecule has 22 heavy (non-hydrogen) atoms. The highest BCUT2D eigenvalue weighted by molar-refractivity contribution is 5.85. The first kappa shape index (κ1) is 21.5. The Morgan fingerprint density at radius 1 is 1.18 bits per heavy atom. The van der Waals surface area contributed by atoms with Crippen LogP contribution in [-0.2, 0) is 0 Å². The molecule has 0 unspecified atom stereocenters. The molecular weight excluding hydrogens is 319 g/mol. The van der Waals surface area contributed by atoms with E-state index in [9.17, 15) is 5.11 Å². The van der Waals surface area contributed by atoms with Gasteiger partial charge in [-0.1, -0.05) is 43.9 Å². The first-order chi connectivity index (χ1) is 9.72. The van der Waals surface area contributed by atoms with Crippen LogP contribution in [0.1, 0.15) is 49.8 Å². The van der Waals surface area contributed by atoms with Crippen molar-refractivity contribution in [3.05, 3.63) is 29.3 Å². The van der Waals surface area contributed by atoms with Gasteiger partial charge in [0.1, 0.15) is 5.75 Å². The van der Waals surface area contributed by atoms with Crippen molar-refractivity contribution in [1.29, 1.82) is 0 Å². The lowest BCUT2D eigenvalue weighted by molar-refractivity contribution is 0.160. The third-order valence-corrected chi connectivity index (χ3v) is 4.22. The van der Waals surface area contributed by atoms with Gasteiger partial charge < -0.3 is 10.4 Å². The van der Waals surface area contributed by atoms with Crippen molar-refractivity contribution in [2.24, 2.45) is 0 Å². The number of aromatic hydroxyl groups is 1. The number of hydrogen-bond donors (Lipinski definition) is 2. The molecule has 2 N–H and O–H groups in total. The molecule has 1 fully saturated rings. The molecule has 1 aliphatic rings. The van der Waals surface area contributed by atoms with Gasteiger partial charge in [-0.25, -0.2) is 0 Å². The average molecular weight is 349 g/mol. The van der Waals surface area contributed by atoms with E-state index in [1.54, 1.807) is 0 Å². The number of benzene rings is 1. The van der Waals surface area contributed by atoms with Crippen molar-refractivity contribution in [2.75, 3.05) is 26.2 Å². The summed E-state index contributed by atoms with van der Waals surface area (Å²) in [5.74, 6) is 0.454. The second-order valence-electron chi connectivity index (χ2n) is 5.86. The zero-order chi connectivity index (χ0) is 14.4. The molecule has 5 heteroatoms. The van der Waals surface area contributed by atoms with Crippen molar-refractivity contribution < 1.29 is 5.11 Å². The molecule has 1 aliphatic heterocycles. The molecule has 0 aromatic heterocycles. The minimum absolute atomic E-state index is 0. The van der Waals surface area contributed by atoms with Gasteiger partial charge in [0.2, 0.25) is 0 Å². The van der Waals surface area contributed by atoms with Gasteiger partial charge in [-0.05, 0) is 19.4 Å². The van der Waals surface area contributed by atoms with Crippen LogP contribution >= 0.6 is 24.8 Å². The minimum Gasteiger partial charge on any atom is -0.508 e. The van der Waals surface area contributed by atoms with E-state index in [2.05, 4.69) is 30.1 Å². The van der Waals surface area contributed by atoms with Crippen molar-refractivity contribution in [1.82, 2.24) is 10.2 Å². The van der Waals surface area contributed by atoms with Crippen LogP contribution in [-0.4, -0.2) is 36.2 Å².